The number of fused-ring (bicyclic) bond motifs is 2. The summed E-state index contributed by atoms with van der Waals surface area (Å²) in [5.74, 6) is -0.0298. The lowest BCUT2D eigenvalue weighted by molar-refractivity contribution is -0.147. The van der Waals surface area contributed by atoms with E-state index in [0.717, 1.165) is 27.0 Å². The Morgan fingerprint density at radius 3 is 2.97 bits per heavy atom. The summed E-state index contributed by atoms with van der Waals surface area (Å²) in [6.07, 6.45) is 3.66. The number of benzene rings is 1. The van der Waals surface area contributed by atoms with Gasteiger partial charge in [0.15, 0.2) is 11.2 Å². The lowest BCUT2D eigenvalue weighted by atomic mass is 9.93. The van der Waals surface area contributed by atoms with Crippen LogP contribution in [0.25, 0.3) is 10.2 Å². The molecule has 0 spiro atoms. The Morgan fingerprint density at radius 2 is 2.13 bits per heavy atom. The van der Waals surface area contributed by atoms with Gasteiger partial charge in [0.1, 0.15) is 5.52 Å². The molecule has 4 heterocycles. The minimum Gasteiger partial charge on any atom is -0.375 e. The number of thiazole rings is 1. The molecule has 2 aromatic heterocycles. The molecule has 0 aliphatic carbocycles. The van der Waals surface area contributed by atoms with E-state index >= 15 is 0 Å². The first-order valence-electron chi connectivity index (χ1n) is 10.1. The first-order valence-corrected chi connectivity index (χ1v) is 11.6. The van der Waals surface area contributed by atoms with Crippen LogP contribution < -0.4 is 10.6 Å². The van der Waals surface area contributed by atoms with Gasteiger partial charge >= 0.3 is 0 Å². The van der Waals surface area contributed by atoms with Crippen molar-refractivity contribution in [3.05, 3.63) is 45.7 Å². The van der Waals surface area contributed by atoms with Crippen LogP contribution in [0.1, 0.15) is 24.1 Å². The highest BCUT2D eigenvalue weighted by molar-refractivity contribution is 7.22. The number of halogens is 2. The highest BCUT2D eigenvalue weighted by atomic mass is 35.5. The van der Waals surface area contributed by atoms with Crippen molar-refractivity contribution in [2.24, 2.45) is 0 Å². The Bertz CT molecular complexity index is 1170. The van der Waals surface area contributed by atoms with Crippen LogP contribution in [0, 0.1) is 0 Å². The average molecular weight is 478 g/mol. The van der Waals surface area contributed by atoms with E-state index in [2.05, 4.69) is 14.9 Å². The van der Waals surface area contributed by atoms with Gasteiger partial charge in [0, 0.05) is 23.1 Å². The fourth-order valence-corrected chi connectivity index (χ4v) is 6.03. The summed E-state index contributed by atoms with van der Waals surface area (Å²) in [4.78, 5) is 26.1. The molecule has 162 valence electrons. The Labute approximate surface area is 193 Å². The number of nitrogen functional groups attached to an aromatic ring is 1. The second-order valence-electron chi connectivity index (χ2n) is 7.78. The van der Waals surface area contributed by atoms with E-state index in [1.165, 1.54) is 11.3 Å². The topological polar surface area (TPSA) is 84.6 Å². The molecule has 0 unspecified atom stereocenters. The summed E-state index contributed by atoms with van der Waals surface area (Å²) in [5, 5.41) is 1.72. The molecule has 1 saturated heterocycles. The molecule has 7 nitrogen and oxygen atoms in total. The van der Waals surface area contributed by atoms with Gasteiger partial charge in [-0.15, -0.1) is 0 Å². The maximum absolute atomic E-state index is 13.5. The van der Waals surface area contributed by atoms with Crippen LogP contribution in [0.2, 0.25) is 10.0 Å². The van der Waals surface area contributed by atoms with Gasteiger partial charge in [-0.1, -0.05) is 34.5 Å². The van der Waals surface area contributed by atoms with E-state index in [4.69, 9.17) is 33.7 Å². The van der Waals surface area contributed by atoms with Crippen LogP contribution in [0.4, 0.5) is 10.8 Å². The standard InChI is InChI=1S/C21H21Cl2N5O2S/c1-11-18-12(6-13(22)7-14(18)23)2-3-28(11)20(29)17-10-27(4-5-30-17)16-9-25-8-15-19(16)31-21(24)26-15/h6-9,11,17H,2-5,10H2,1H3,(H2,24,26)/t11-,17+/m0/s1. The third kappa shape index (κ3) is 3.71. The molecule has 2 N–H and O–H groups in total. The van der Waals surface area contributed by atoms with Gasteiger partial charge in [-0.2, -0.15) is 0 Å². The molecule has 1 fully saturated rings. The minimum absolute atomic E-state index is 0.0298. The third-order valence-electron chi connectivity index (χ3n) is 5.95. The summed E-state index contributed by atoms with van der Waals surface area (Å²) < 4.78 is 6.88. The van der Waals surface area contributed by atoms with Crippen LogP contribution in [-0.4, -0.2) is 53.1 Å². The zero-order valence-corrected chi connectivity index (χ0v) is 19.2. The largest absolute Gasteiger partial charge is 0.375 e. The Hall–Kier alpha value is -2.13. The Balaban J connectivity index is 1.38. The first kappa shape index (κ1) is 20.8. The van der Waals surface area contributed by atoms with Crippen LogP contribution in [0.5, 0.6) is 0 Å². The smallest absolute Gasteiger partial charge is 0.254 e. The van der Waals surface area contributed by atoms with Crippen LogP contribution in [-0.2, 0) is 16.0 Å². The van der Waals surface area contributed by atoms with Crippen molar-refractivity contribution >= 4 is 61.5 Å². The fraction of sp³-hybridized carbons (Fsp3) is 0.381. The quantitative estimate of drug-likeness (QED) is 0.601. The van der Waals surface area contributed by atoms with Crippen molar-refractivity contribution < 1.29 is 9.53 Å². The number of carbonyl (C=O) groups is 1. The SMILES string of the molecule is C[C@H]1c2c(Cl)cc(Cl)cc2CCN1C(=O)[C@H]1CN(c2cncc3nc(N)sc23)CCO1. The molecule has 2 aliphatic heterocycles. The number of hydrogen-bond acceptors (Lipinski definition) is 7. The highest BCUT2D eigenvalue weighted by Gasteiger charge is 2.36. The molecule has 1 amide bonds. The summed E-state index contributed by atoms with van der Waals surface area (Å²) in [6, 6.07) is 3.53. The number of hydrogen-bond donors (Lipinski definition) is 1. The van der Waals surface area contributed by atoms with Crippen molar-refractivity contribution in [1.82, 2.24) is 14.9 Å². The van der Waals surface area contributed by atoms with E-state index in [9.17, 15) is 4.79 Å². The molecule has 2 atom stereocenters. The molecule has 1 aromatic carbocycles. The highest BCUT2D eigenvalue weighted by Crippen LogP contribution is 2.38. The van der Waals surface area contributed by atoms with Crippen molar-refractivity contribution in [3.63, 3.8) is 0 Å². The van der Waals surface area contributed by atoms with E-state index in [1.807, 2.05) is 17.9 Å². The number of pyridine rings is 1. The number of amides is 1. The van der Waals surface area contributed by atoms with Crippen LogP contribution in [0.3, 0.4) is 0 Å². The van der Waals surface area contributed by atoms with Crippen molar-refractivity contribution in [1.29, 1.82) is 0 Å². The van der Waals surface area contributed by atoms with Crippen molar-refractivity contribution in [2.75, 3.05) is 36.9 Å². The Morgan fingerprint density at radius 1 is 1.29 bits per heavy atom. The number of morpholine rings is 1. The number of nitrogens with zero attached hydrogens (tertiary/aromatic N) is 4. The van der Waals surface area contributed by atoms with E-state index in [1.54, 1.807) is 18.5 Å². The van der Waals surface area contributed by atoms with E-state index < -0.39 is 6.10 Å². The monoisotopic (exact) mass is 477 g/mol. The molecular formula is C21H21Cl2N5O2S. The molecule has 0 radical (unpaired) electrons. The third-order valence-corrected chi connectivity index (χ3v) is 7.40. The van der Waals surface area contributed by atoms with Gasteiger partial charge in [0.25, 0.3) is 5.91 Å². The normalized spacial score (nSPS) is 21.4. The molecular weight excluding hydrogens is 457 g/mol. The van der Waals surface area contributed by atoms with Gasteiger partial charge < -0.3 is 20.3 Å². The summed E-state index contributed by atoms with van der Waals surface area (Å²) >= 11 is 14.1. The lowest BCUT2D eigenvalue weighted by Crippen LogP contribution is -2.52. The van der Waals surface area contributed by atoms with Gasteiger partial charge in [-0.3, -0.25) is 9.78 Å². The predicted molar refractivity (Wildman–Crippen MR) is 124 cm³/mol. The second kappa shape index (κ2) is 8.09. The molecule has 2 aliphatic rings. The number of aromatic nitrogens is 2. The first-order chi connectivity index (χ1) is 14.9. The minimum atomic E-state index is -0.565. The number of carbonyl (C=O) groups excluding carboxylic acids is 1. The van der Waals surface area contributed by atoms with Crippen LogP contribution >= 0.6 is 34.5 Å². The van der Waals surface area contributed by atoms with E-state index in [0.29, 0.717) is 47.8 Å². The summed E-state index contributed by atoms with van der Waals surface area (Å²) in [5.41, 5.74) is 9.66. The number of ether oxygens (including phenoxy) is 1. The van der Waals surface area contributed by atoms with E-state index in [-0.39, 0.29) is 11.9 Å². The Kier molecular flexibility index (Phi) is 5.42. The molecule has 0 saturated carbocycles. The zero-order valence-electron chi connectivity index (χ0n) is 16.8. The van der Waals surface area contributed by atoms with Gasteiger partial charge in [-0.05, 0) is 36.6 Å². The average Bonchev–Trinajstić information content (AvgIpc) is 3.13. The van der Waals surface area contributed by atoms with Gasteiger partial charge in [-0.25, -0.2) is 4.98 Å². The van der Waals surface area contributed by atoms with Crippen molar-refractivity contribution in [3.8, 4) is 0 Å². The van der Waals surface area contributed by atoms with Gasteiger partial charge in [0.2, 0.25) is 0 Å². The second-order valence-corrected chi connectivity index (χ2v) is 9.66. The fourth-order valence-electron chi connectivity index (χ4n) is 4.49. The number of nitrogens with two attached hydrogens (primary N) is 1. The van der Waals surface area contributed by atoms with Crippen LogP contribution in [0.15, 0.2) is 24.5 Å². The van der Waals surface area contributed by atoms with Crippen molar-refractivity contribution in [2.45, 2.75) is 25.5 Å². The predicted octanol–water partition coefficient (Wildman–Crippen LogP) is 3.93. The number of rotatable bonds is 2. The lowest BCUT2D eigenvalue weighted by Gasteiger charge is -2.40. The van der Waals surface area contributed by atoms with Gasteiger partial charge in [0.05, 0.1) is 42.0 Å². The summed E-state index contributed by atoms with van der Waals surface area (Å²) in [6.45, 7) is 4.18. The molecule has 10 heteroatoms. The number of anilines is 2. The maximum Gasteiger partial charge on any atom is 0.254 e. The summed E-state index contributed by atoms with van der Waals surface area (Å²) in [7, 11) is 0. The zero-order chi connectivity index (χ0) is 21.7. The molecule has 31 heavy (non-hydrogen) atoms. The molecule has 5 rings (SSSR count). The maximum atomic E-state index is 13.5. The molecule has 3 aromatic rings. The molecule has 0 bridgehead atoms.